The van der Waals surface area contributed by atoms with E-state index in [2.05, 4.69) is 28.1 Å². The molecule has 0 radical (unpaired) electrons. The SMILES string of the molecule is Cc1[nH]nc2c1C(c1cc(C#CC3CC(CO)C3)cc(C(C)(C)O)c1)(C(C)C)C(C#N)=C(N)O2. The number of nitrogens with two attached hydrogens (primary N) is 1. The molecule has 0 bridgehead atoms. The van der Waals surface area contributed by atoms with E-state index in [1.54, 1.807) is 13.8 Å². The zero-order valence-electron chi connectivity index (χ0n) is 20.4. The fourth-order valence-electron chi connectivity index (χ4n) is 5.23. The molecule has 5 N–H and O–H groups in total. The highest BCUT2D eigenvalue weighted by Gasteiger charge is 2.51. The van der Waals surface area contributed by atoms with Gasteiger partial charge in [0.25, 0.3) is 0 Å². The van der Waals surface area contributed by atoms with Gasteiger partial charge in [0.05, 0.1) is 16.6 Å². The van der Waals surface area contributed by atoms with E-state index in [0.717, 1.165) is 35.2 Å². The van der Waals surface area contributed by atoms with E-state index in [1.165, 1.54) is 0 Å². The van der Waals surface area contributed by atoms with Gasteiger partial charge in [0.1, 0.15) is 11.6 Å². The Morgan fingerprint density at radius 3 is 2.62 bits per heavy atom. The van der Waals surface area contributed by atoms with Crippen LogP contribution in [0.3, 0.4) is 0 Å². The number of nitriles is 1. The molecule has 2 aliphatic rings. The summed E-state index contributed by atoms with van der Waals surface area (Å²) in [6.45, 7) is 9.65. The topological polar surface area (TPSA) is 128 Å². The number of aryl methyl sites for hydroxylation is 1. The van der Waals surface area contributed by atoms with Crippen molar-refractivity contribution >= 4 is 0 Å². The summed E-state index contributed by atoms with van der Waals surface area (Å²) in [5.41, 5.74) is 8.34. The lowest BCUT2D eigenvalue weighted by atomic mass is 9.61. The molecule has 7 nitrogen and oxygen atoms in total. The first kappa shape index (κ1) is 23.9. The van der Waals surface area contributed by atoms with Gasteiger partial charge in [-0.2, -0.15) is 5.26 Å². The quantitative estimate of drug-likeness (QED) is 0.518. The van der Waals surface area contributed by atoms with Crippen LogP contribution in [0.2, 0.25) is 0 Å². The van der Waals surface area contributed by atoms with Crippen LogP contribution in [0.25, 0.3) is 0 Å². The molecule has 0 spiro atoms. The van der Waals surface area contributed by atoms with Crippen molar-refractivity contribution in [3.05, 3.63) is 57.6 Å². The van der Waals surface area contributed by atoms with Crippen molar-refractivity contribution in [2.75, 3.05) is 6.61 Å². The Morgan fingerprint density at radius 1 is 1.32 bits per heavy atom. The summed E-state index contributed by atoms with van der Waals surface area (Å²) < 4.78 is 5.73. The number of hydrogen-bond acceptors (Lipinski definition) is 6. The molecule has 178 valence electrons. The van der Waals surface area contributed by atoms with Crippen molar-refractivity contribution in [3.63, 3.8) is 0 Å². The lowest BCUT2D eigenvalue weighted by Crippen LogP contribution is -2.41. The number of aliphatic hydroxyl groups is 2. The van der Waals surface area contributed by atoms with Gasteiger partial charge in [-0.15, -0.1) is 5.10 Å². The van der Waals surface area contributed by atoms with Gasteiger partial charge >= 0.3 is 0 Å². The number of allylic oxidation sites excluding steroid dienone is 1. The van der Waals surface area contributed by atoms with Gasteiger partial charge < -0.3 is 20.7 Å². The predicted molar refractivity (Wildman–Crippen MR) is 128 cm³/mol. The van der Waals surface area contributed by atoms with E-state index in [1.807, 2.05) is 39.0 Å². The van der Waals surface area contributed by atoms with Crippen LogP contribution in [0.4, 0.5) is 0 Å². The van der Waals surface area contributed by atoms with Crippen LogP contribution in [0, 0.1) is 47.8 Å². The number of benzene rings is 1. The molecule has 7 heteroatoms. The first-order valence-electron chi connectivity index (χ1n) is 11.7. The van der Waals surface area contributed by atoms with Crippen LogP contribution >= 0.6 is 0 Å². The summed E-state index contributed by atoms with van der Waals surface area (Å²) in [5, 5.41) is 37.7. The Labute approximate surface area is 200 Å². The van der Waals surface area contributed by atoms with Crippen molar-refractivity contribution in [2.24, 2.45) is 23.5 Å². The van der Waals surface area contributed by atoms with E-state index in [4.69, 9.17) is 10.5 Å². The number of aromatic nitrogens is 2. The van der Waals surface area contributed by atoms with Gasteiger partial charge in [0, 0.05) is 23.8 Å². The number of aromatic amines is 1. The Morgan fingerprint density at radius 2 is 2.03 bits per heavy atom. The molecule has 1 atom stereocenters. The molecule has 2 heterocycles. The van der Waals surface area contributed by atoms with E-state index < -0.39 is 11.0 Å². The molecule has 4 rings (SSSR count). The smallest absolute Gasteiger partial charge is 0.244 e. The fraction of sp³-hybridized carbons (Fsp3) is 0.481. The van der Waals surface area contributed by atoms with Crippen molar-refractivity contribution in [3.8, 4) is 23.8 Å². The lowest BCUT2D eigenvalue weighted by molar-refractivity contribution is 0.0784. The summed E-state index contributed by atoms with van der Waals surface area (Å²) in [6.07, 6.45) is 1.79. The van der Waals surface area contributed by atoms with Crippen LogP contribution < -0.4 is 10.5 Å². The largest absolute Gasteiger partial charge is 0.420 e. The maximum Gasteiger partial charge on any atom is 0.244 e. The molecule has 1 unspecified atom stereocenters. The standard InChI is InChI=1S/C27H32N4O3/c1-15(2)27(22(13-28)24(29)34-25-23(27)16(3)30-31-25)21-11-18(10-20(12-21)26(4,5)33)7-6-17-8-19(9-17)14-32/h10-12,15,17,19,32-33H,8-9,14,29H2,1-5H3,(H,30,31). The van der Waals surface area contributed by atoms with Crippen LogP contribution in [0.5, 0.6) is 5.88 Å². The number of rotatable bonds is 4. The highest BCUT2D eigenvalue weighted by molar-refractivity contribution is 5.63. The number of nitrogens with zero attached hydrogens (tertiary/aromatic N) is 2. The number of hydrogen-bond donors (Lipinski definition) is 4. The molecule has 1 aromatic heterocycles. The third-order valence-electron chi connectivity index (χ3n) is 7.14. The second kappa shape index (κ2) is 8.51. The summed E-state index contributed by atoms with van der Waals surface area (Å²) in [6, 6.07) is 8.12. The van der Waals surface area contributed by atoms with Crippen LogP contribution in [0.15, 0.2) is 29.7 Å². The monoisotopic (exact) mass is 460 g/mol. The fourth-order valence-corrected chi connectivity index (χ4v) is 5.23. The molecule has 1 saturated carbocycles. The lowest BCUT2D eigenvalue weighted by Gasteiger charge is -2.41. The first-order chi connectivity index (χ1) is 16.0. The van der Waals surface area contributed by atoms with Gasteiger partial charge in [-0.1, -0.05) is 31.8 Å². The third kappa shape index (κ3) is 3.76. The minimum absolute atomic E-state index is 0.0287. The maximum absolute atomic E-state index is 10.9. The second-order valence-corrected chi connectivity index (χ2v) is 10.3. The highest BCUT2D eigenvalue weighted by Crippen LogP contribution is 2.53. The molecule has 1 aromatic carbocycles. The van der Waals surface area contributed by atoms with Gasteiger partial charge in [0.15, 0.2) is 0 Å². The van der Waals surface area contributed by atoms with Crippen molar-refractivity contribution in [1.29, 1.82) is 5.26 Å². The molecule has 1 aliphatic heterocycles. The summed E-state index contributed by atoms with van der Waals surface area (Å²) in [7, 11) is 0. The second-order valence-electron chi connectivity index (χ2n) is 10.3. The molecule has 1 fully saturated rings. The average molecular weight is 461 g/mol. The molecule has 0 saturated heterocycles. The van der Waals surface area contributed by atoms with E-state index >= 15 is 0 Å². The van der Waals surface area contributed by atoms with E-state index in [-0.39, 0.29) is 24.3 Å². The van der Waals surface area contributed by atoms with Gasteiger partial charge in [-0.3, -0.25) is 5.10 Å². The zero-order valence-corrected chi connectivity index (χ0v) is 20.4. The Balaban J connectivity index is 1.97. The minimum atomic E-state index is -1.12. The van der Waals surface area contributed by atoms with E-state index in [0.29, 0.717) is 22.9 Å². The number of aliphatic hydroxyl groups excluding tert-OH is 1. The van der Waals surface area contributed by atoms with Crippen LogP contribution in [-0.2, 0) is 11.0 Å². The summed E-state index contributed by atoms with van der Waals surface area (Å²) in [4.78, 5) is 0. The summed E-state index contributed by atoms with van der Waals surface area (Å²) >= 11 is 0. The van der Waals surface area contributed by atoms with Gasteiger partial charge in [0.2, 0.25) is 11.8 Å². The van der Waals surface area contributed by atoms with E-state index in [9.17, 15) is 15.5 Å². The normalized spacial score (nSPS) is 24.0. The molecule has 0 amide bonds. The van der Waals surface area contributed by atoms with Gasteiger partial charge in [-0.25, -0.2) is 0 Å². The van der Waals surface area contributed by atoms with Crippen LogP contribution in [0.1, 0.15) is 68.5 Å². The van der Waals surface area contributed by atoms with Gasteiger partial charge in [-0.05, 0) is 68.7 Å². The maximum atomic E-state index is 10.9. The Hall–Kier alpha value is -3.26. The molecular weight excluding hydrogens is 428 g/mol. The molecular formula is C27H32N4O3. The third-order valence-corrected chi connectivity index (χ3v) is 7.14. The Kier molecular flexibility index (Phi) is 5.97. The van der Waals surface area contributed by atoms with Crippen molar-refractivity contribution < 1.29 is 14.9 Å². The number of H-pyrrole nitrogens is 1. The average Bonchev–Trinajstić information content (AvgIpc) is 3.11. The van der Waals surface area contributed by atoms with Crippen molar-refractivity contribution in [2.45, 2.75) is 58.5 Å². The van der Waals surface area contributed by atoms with Crippen molar-refractivity contribution in [1.82, 2.24) is 10.2 Å². The Bertz CT molecular complexity index is 1240. The first-order valence-corrected chi connectivity index (χ1v) is 11.7. The number of nitrogens with one attached hydrogen (secondary N) is 1. The minimum Gasteiger partial charge on any atom is -0.420 e. The highest BCUT2D eigenvalue weighted by atomic mass is 16.5. The molecule has 34 heavy (non-hydrogen) atoms. The molecule has 2 aromatic rings. The predicted octanol–water partition coefficient (Wildman–Crippen LogP) is 3.34. The molecule has 1 aliphatic carbocycles. The number of ether oxygens (including phenoxy) is 1. The zero-order chi connectivity index (χ0) is 24.8. The summed E-state index contributed by atoms with van der Waals surface area (Å²) in [5.74, 6) is 7.49. The van der Waals surface area contributed by atoms with Crippen LogP contribution in [-0.4, -0.2) is 27.0 Å². The number of fused-ring (bicyclic) bond motifs is 1.